The van der Waals surface area contributed by atoms with E-state index in [2.05, 4.69) is 10.3 Å². The third-order valence-corrected chi connectivity index (χ3v) is 4.53. The standard InChI is InChI=1S/C18H15ClN2O2S/c1-23-16-8-3-2-7-14(16)18-21-15(11-24-18)17(22)20-10-12-5-4-6-13(19)9-12/h2-9,11H,10H2,1H3,(H,20,22). The first kappa shape index (κ1) is 16.5. The lowest BCUT2D eigenvalue weighted by Gasteiger charge is -2.05. The number of aromatic nitrogens is 1. The van der Waals surface area contributed by atoms with Gasteiger partial charge in [-0.3, -0.25) is 4.79 Å². The third-order valence-electron chi connectivity index (χ3n) is 3.42. The van der Waals surface area contributed by atoms with Gasteiger partial charge in [-0.05, 0) is 29.8 Å². The molecule has 0 aliphatic rings. The molecule has 0 unspecified atom stereocenters. The molecule has 1 aromatic heterocycles. The zero-order chi connectivity index (χ0) is 16.9. The van der Waals surface area contributed by atoms with Gasteiger partial charge in [0.1, 0.15) is 16.5 Å². The molecule has 0 aliphatic carbocycles. The number of para-hydroxylation sites is 1. The number of amides is 1. The Kier molecular flexibility index (Phi) is 5.13. The summed E-state index contributed by atoms with van der Waals surface area (Å²) in [4.78, 5) is 16.7. The molecule has 0 bridgehead atoms. The van der Waals surface area contributed by atoms with Crippen LogP contribution < -0.4 is 10.1 Å². The van der Waals surface area contributed by atoms with Crippen molar-refractivity contribution in [3.63, 3.8) is 0 Å². The molecule has 0 atom stereocenters. The van der Waals surface area contributed by atoms with E-state index in [0.29, 0.717) is 17.3 Å². The van der Waals surface area contributed by atoms with Crippen molar-refractivity contribution in [2.45, 2.75) is 6.54 Å². The minimum absolute atomic E-state index is 0.215. The van der Waals surface area contributed by atoms with E-state index >= 15 is 0 Å². The van der Waals surface area contributed by atoms with Crippen LogP contribution in [0.25, 0.3) is 10.6 Å². The van der Waals surface area contributed by atoms with Gasteiger partial charge in [0.15, 0.2) is 0 Å². The fourth-order valence-electron chi connectivity index (χ4n) is 2.24. The van der Waals surface area contributed by atoms with Crippen molar-refractivity contribution in [3.8, 4) is 16.3 Å². The second-order valence-corrected chi connectivity index (χ2v) is 6.35. The van der Waals surface area contributed by atoms with Crippen LogP contribution in [0.5, 0.6) is 5.75 Å². The molecule has 1 heterocycles. The molecule has 0 saturated carbocycles. The van der Waals surface area contributed by atoms with Gasteiger partial charge in [-0.25, -0.2) is 4.98 Å². The zero-order valence-electron chi connectivity index (χ0n) is 13.0. The van der Waals surface area contributed by atoms with Crippen LogP contribution >= 0.6 is 22.9 Å². The van der Waals surface area contributed by atoms with Crippen molar-refractivity contribution in [3.05, 3.63) is 70.2 Å². The fourth-order valence-corrected chi connectivity index (χ4v) is 3.29. The Hall–Kier alpha value is -2.37. The Bertz CT molecular complexity index is 863. The van der Waals surface area contributed by atoms with Gasteiger partial charge in [0, 0.05) is 16.9 Å². The maximum atomic E-state index is 12.3. The van der Waals surface area contributed by atoms with Crippen LogP contribution in [0.1, 0.15) is 16.1 Å². The van der Waals surface area contributed by atoms with Crippen LogP contribution in [0.3, 0.4) is 0 Å². The first-order valence-corrected chi connectivity index (χ1v) is 8.54. The largest absolute Gasteiger partial charge is 0.496 e. The predicted molar refractivity (Wildman–Crippen MR) is 96.7 cm³/mol. The molecule has 0 spiro atoms. The lowest BCUT2D eigenvalue weighted by Crippen LogP contribution is -2.23. The smallest absolute Gasteiger partial charge is 0.271 e. The molecule has 6 heteroatoms. The molecule has 2 aromatic carbocycles. The summed E-state index contributed by atoms with van der Waals surface area (Å²) in [6.45, 7) is 0.404. The molecule has 4 nitrogen and oxygen atoms in total. The predicted octanol–water partition coefficient (Wildman–Crippen LogP) is 4.40. The van der Waals surface area contributed by atoms with Crippen LogP contribution in [-0.2, 0) is 6.54 Å². The van der Waals surface area contributed by atoms with E-state index < -0.39 is 0 Å². The van der Waals surface area contributed by atoms with E-state index in [9.17, 15) is 4.79 Å². The number of methoxy groups -OCH3 is 1. The molecule has 0 saturated heterocycles. The summed E-state index contributed by atoms with van der Waals surface area (Å²) in [5, 5.41) is 5.99. The molecule has 1 amide bonds. The highest BCUT2D eigenvalue weighted by molar-refractivity contribution is 7.13. The molecule has 3 rings (SSSR count). The van der Waals surface area contributed by atoms with Crippen LogP contribution in [-0.4, -0.2) is 18.0 Å². The summed E-state index contributed by atoms with van der Waals surface area (Å²) in [7, 11) is 1.62. The molecule has 0 radical (unpaired) electrons. The second-order valence-electron chi connectivity index (χ2n) is 5.05. The van der Waals surface area contributed by atoms with Crippen LogP contribution in [0, 0.1) is 0 Å². The number of hydrogen-bond donors (Lipinski definition) is 1. The topological polar surface area (TPSA) is 51.2 Å². The van der Waals surface area contributed by atoms with Gasteiger partial charge >= 0.3 is 0 Å². The Morgan fingerprint density at radius 3 is 2.88 bits per heavy atom. The number of nitrogens with one attached hydrogen (secondary N) is 1. The maximum Gasteiger partial charge on any atom is 0.271 e. The average Bonchev–Trinajstić information content (AvgIpc) is 3.09. The molecule has 0 fully saturated rings. The highest BCUT2D eigenvalue weighted by Crippen LogP contribution is 2.31. The number of thiazole rings is 1. The van der Waals surface area contributed by atoms with Crippen molar-refractivity contribution >= 4 is 28.8 Å². The summed E-state index contributed by atoms with van der Waals surface area (Å²) in [6, 6.07) is 15.0. The molecule has 24 heavy (non-hydrogen) atoms. The normalized spacial score (nSPS) is 10.4. The Morgan fingerprint density at radius 1 is 1.25 bits per heavy atom. The molecule has 3 aromatic rings. The number of benzene rings is 2. The number of nitrogens with zero attached hydrogens (tertiary/aromatic N) is 1. The summed E-state index contributed by atoms with van der Waals surface area (Å²) < 4.78 is 5.34. The quantitative estimate of drug-likeness (QED) is 0.735. The van der Waals surface area contributed by atoms with Crippen molar-refractivity contribution < 1.29 is 9.53 Å². The minimum atomic E-state index is -0.215. The molecular formula is C18H15ClN2O2S. The van der Waals surface area contributed by atoms with E-state index in [-0.39, 0.29) is 5.91 Å². The number of carbonyl (C=O) groups excluding carboxylic acids is 1. The minimum Gasteiger partial charge on any atom is -0.496 e. The average molecular weight is 359 g/mol. The number of rotatable bonds is 5. The van der Waals surface area contributed by atoms with Gasteiger partial charge in [-0.1, -0.05) is 35.9 Å². The van der Waals surface area contributed by atoms with Gasteiger partial charge in [-0.15, -0.1) is 11.3 Å². The zero-order valence-corrected chi connectivity index (χ0v) is 14.5. The van der Waals surface area contributed by atoms with E-state index in [0.717, 1.165) is 21.9 Å². The Balaban J connectivity index is 1.72. The summed E-state index contributed by atoms with van der Waals surface area (Å²) in [6.07, 6.45) is 0. The SMILES string of the molecule is COc1ccccc1-c1nc(C(=O)NCc2cccc(Cl)c2)cs1. The van der Waals surface area contributed by atoms with E-state index in [1.54, 1.807) is 18.6 Å². The summed E-state index contributed by atoms with van der Waals surface area (Å²) in [5.41, 5.74) is 2.21. The lowest BCUT2D eigenvalue weighted by atomic mass is 10.2. The maximum absolute atomic E-state index is 12.3. The van der Waals surface area contributed by atoms with Crippen molar-refractivity contribution in [2.24, 2.45) is 0 Å². The molecule has 1 N–H and O–H groups in total. The van der Waals surface area contributed by atoms with E-state index in [4.69, 9.17) is 16.3 Å². The Morgan fingerprint density at radius 2 is 2.08 bits per heavy atom. The number of ether oxygens (including phenoxy) is 1. The highest BCUT2D eigenvalue weighted by Gasteiger charge is 2.14. The van der Waals surface area contributed by atoms with Crippen molar-refractivity contribution in [2.75, 3.05) is 7.11 Å². The van der Waals surface area contributed by atoms with Crippen LogP contribution in [0.15, 0.2) is 53.9 Å². The van der Waals surface area contributed by atoms with Crippen molar-refractivity contribution in [1.82, 2.24) is 10.3 Å². The first-order chi connectivity index (χ1) is 11.7. The molecule has 0 aliphatic heterocycles. The monoisotopic (exact) mass is 358 g/mol. The van der Waals surface area contributed by atoms with Gasteiger partial charge in [0.05, 0.1) is 12.7 Å². The summed E-state index contributed by atoms with van der Waals surface area (Å²) >= 11 is 7.35. The molecular weight excluding hydrogens is 344 g/mol. The van der Waals surface area contributed by atoms with Gasteiger partial charge in [-0.2, -0.15) is 0 Å². The van der Waals surface area contributed by atoms with Crippen LogP contribution in [0.4, 0.5) is 0 Å². The van der Waals surface area contributed by atoms with E-state index in [1.165, 1.54) is 11.3 Å². The van der Waals surface area contributed by atoms with Gasteiger partial charge < -0.3 is 10.1 Å². The fraction of sp³-hybridized carbons (Fsp3) is 0.111. The van der Waals surface area contributed by atoms with Crippen LogP contribution in [0.2, 0.25) is 5.02 Å². The first-order valence-electron chi connectivity index (χ1n) is 7.29. The number of carbonyl (C=O) groups is 1. The van der Waals surface area contributed by atoms with Crippen molar-refractivity contribution in [1.29, 1.82) is 0 Å². The van der Waals surface area contributed by atoms with Gasteiger partial charge in [0.25, 0.3) is 5.91 Å². The highest BCUT2D eigenvalue weighted by atomic mass is 35.5. The molecule has 122 valence electrons. The van der Waals surface area contributed by atoms with E-state index in [1.807, 2.05) is 42.5 Å². The summed E-state index contributed by atoms with van der Waals surface area (Å²) in [5.74, 6) is 0.519. The van der Waals surface area contributed by atoms with Gasteiger partial charge in [0.2, 0.25) is 0 Å². The number of halogens is 1. The third kappa shape index (κ3) is 3.75. The second kappa shape index (κ2) is 7.47. The Labute approximate surface area is 149 Å². The number of hydrogen-bond acceptors (Lipinski definition) is 4. The lowest BCUT2D eigenvalue weighted by molar-refractivity contribution is 0.0946.